The summed E-state index contributed by atoms with van der Waals surface area (Å²) in [7, 11) is 1.65. The molecule has 1 fully saturated rings. The van der Waals surface area contributed by atoms with E-state index in [9.17, 15) is 0 Å². The highest BCUT2D eigenvalue weighted by atomic mass is 127. The van der Waals surface area contributed by atoms with Crippen molar-refractivity contribution < 1.29 is 4.74 Å². The Kier molecular flexibility index (Phi) is 9.05. The SMILES string of the molecule is COc1ccc(NC(N)=NCc2ccccc2CN2CCCCC2C)cc1.I. The fraction of sp³-hybridized carbons (Fsp3) is 0.409. The van der Waals surface area contributed by atoms with E-state index in [4.69, 9.17) is 10.5 Å². The van der Waals surface area contributed by atoms with Gasteiger partial charge in [0.05, 0.1) is 13.7 Å². The predicted octanol–water partition coefficient (Wildman–Crippen LogP) is 4.61. The Morgan fingerprint density at radius 3 is 2.54 bits per heavy atom. The predicted molar refractivity (Wildman–Crippen MR) is 128 cm³/mol. The number of hydrogen-bond donors (Lipinski definition) is 2. The first-order valence-corrected chi connectivity index (χ1v) is 9.67. The van der Waals surface area contributed by atoms with Crippen molar-refractivity contribution in [3.05, 3.63) is 59.7 Å². The normalized spacial score (nSPS) is 17.6. The van der Waals surface area contributed by atoms with Crippen LogP contribution >= 0.6 is 24.0 Å². The van der Waals surface area contributed by atoms with Crippen molar-refractivity contribution in [3.63, 3.8) is 0 Å². The molecule has 3 rings (SSSR count). The number of nitrogens with one attached hydrogen (secondary N) is 1. The lowest BCUT2D eigenvalue weighted by molar-refractivity contribution is 0.152. The molecule has 1 aliphatic heterocycles. The Labute approximate surface area is 185 Å². The standard InChI is InChI=1S/C22H30N4O.HI/c1-17-7-5-6-14-26(17)16-19-9-4-3-8-18(19)15-24-22(23)25-20-10-12-21(27-2)13-11-20;/h3-4,8-13,17H,5-7,14-16H2,1-2H3,(H3,23,24,25);1H. The van der Waals surface area contributed by atoms with Gasteiger partial charge >= 0.3 is 0 Å². The molecule has 6 heteroatoms. The minimum absolute atomic E-state index is 0. The van der Waals surface area contributed by atoms with Crippen molar-refractivity contribution in [2.75, 3.05) is 19.0 Å². The van der Waals surface area contributed by atoms with Crippen LogP contribution in [0.15, 0.2) is 53.5 Å². The van der Waals surface area contributed by atoms with Crippen molar-refractivity contribution in [2.45, 2.75) is 45.3 Å². The number of piperidine rings is 1. The number of rotatable bonds is 6. The molecular weight excluding hydrogens is 463 g/mol. The molecule has 0 spiro atoms. The number of guanidine groups is 1. The zero-order valence-corrected chi connectivity index (χ0v) is 19.1. The number of likely N-dealkylation sites (tertiary alicyclic amines) is 1. The van der Waals surface area contributed by atoms with Crippen LogP contribution in [0.3, 0.4) is 0 Å². The van der Waals surface area contributed by atoms with Crippen LogP contribution in [0, 0.1) is 0 Å². The lowest BCUT2D eigenvalue weighted by atomic mass is 10.0. The van der Waals surface area contributed by atoms with Crippen LogP contribution in [0.1, 0.15) is 37.3 Å². The Morgan fingerprint density at radius 1 is 1.14 bits per heavy atom. The van der Waals surface area contributed by atoms with E-state index in [1.54, 1.807) is 7.11 Å². The monoisotopic (exact) mass is 494 g/mol. The molecule has 2 aromatic carbocycles. The number of hydrogen-bond acceptors (Lipinski definition) is 3. The molecule has 152 valence electrons. The smallest absolute Gasteiger partial charge is 0.193 e. The quantitative estimate of drug-likeness (QED) is 0.350. The summed E-state index contributed by atoms with van der Waals surface area (Å²) in [6.45, 7) is 5.07. The number of ether oxygens (including phenoxy) is 1. The topological polar surface area (TPSA) is 62.9 Å². The van der Waals surface area contributed by atoms with Crippen LogP contribution in [-0.2, 0) is 13.1 Å². The van der Waals surface area contributed by atoms with E-state index in [1.807, 2.05) is 24.3 Å². The molecule has 0 bridgehead atoms. The molecule has 0 radical (unpaired) electrons. The Hall–Kier alpha value is -1.80. The van der Waals surface area contributed by atoms with Gasteiger partial charge in [-0.2, -0.15) is 0 Å². The van der Waals surface area contributed by atoms with Crippen LogP contribution in [-0.4, -0.2) is 30.6 Å². The minimum atomic E-state index is 0. The summed E-state index contributed by atoms with van der Waals surface area (Å²) in [5, 5.41) is 3.13. The Balaban J connectivity index is 0.00000280. The van der Waals surface area contributed by atoms with Crippen LogP contribution in [0.25, 0.3) is 0 Å². The highest BCUT2D eigenvalue weighted by Gasteiger charge is 2.19. The Morgan fingerprint density at radius 2 is 1.86 bits per heavy atom. The van der Waals surface area contributed by atoms with Crippen molar-refractivity contribution in [1.82, 2.24) is 4.90 Å². The highest BCUT2D eigenvalue weighted by Crippen LogP contribution is 2.21. The molecule has 1 unspecified atom stereocenters. The highest BCUT2D eigenvalue weighted by molar-refractivity contribution is 14.0. The summed E-state index contributed by atoms with van der Waals surface area (Å²) in [6, 6.07) is 16.8. The molecule has 2 aromatic rings. The van der Waals surface area contributed by atoms with Gasteiger partial charge in [-0.05, 0) is 61.7 Å². The summed E-state index contributed by atoms with van der Waals surface area (Å²) in [5.74, 6) is 1.23. The summed E-state index contributed by atoms with van der Waals surface area (Å²) in [4.78, 5) is 7.11. The van der Waals surface area contributed by atoms with Crippen LogP contribution in [0.2, 0.25) is 0 Å². The maximum Gasteiger partial charge on any atom is 0.193 e. The second-order valence-electron chi connectivity index (χ2n) is 7.14. The molecule has 5 nitrogen and oxygen atoms in total. The third kappa shape index (κ3) is 6.38. The van der Waals surface area contributed by atoms with E-state index in [0.717, 1.165) is 18.0 Å². The molecule has 28 heavy (non-hydrogen) atoms. The van der Waals surface area contributed by atoms with E-state index in [0.29, 0.717) is 18.5 Å². The lowest BCUT2D eigenvalue weighted by Gasteiger charge is -2.33. The lowest BCUT2D eigenvalue weighted by Crippen LogP contribution is -2.37. The maximum absolute atomic E-state index is 6.08. The van der Waals surface area contributed by atoms with Gasteiger partial charge in [0, 0.05) is 18.3 Å². The van der Waals surface area contributed by atoms with E-state index in [2.05, 4.69) is 46.4 Å². The fourth-order valence-corrected chi connectivity index (χ4v) is 3.51. The van der Waals surface area contributed by atoms with E-state index < -0.39 is 0 Å². The van der Waals surface area contributed by atoms with Gasteiger partial charge in [-0.1, -0.05) is 30.7 Å². The summed E-state index contributed by atoms with van der Waals surface area (Å²) in [6.07, 6.45) is 3.93. The number of benzene rings is 2. The first-order valence-electron chi connectivity index (χ1n) is 9.67. The van der Waals surface area contributed by atoms with Gasteiger partial charge < -0.3 is 15.8 Å². The first kappa shape index (κ1) is 22.5. The van der Waals surface area contributed by atoms with E-state index in [-0.39, 0.29) is 24.0 Å². The molecule has 0 aliphatic carbocycles. The first-order chi connectivity index (χ1) is 13.2. The molecule has 1 saturated heterocycles. The average Bonchev–Trinajstić information content (AvgIpc) is 2.69. The van der Waals surface area contributed by atoms with Gasteiger partial charge in [-0.25, -0.2) is 4.99 Å². The van der Waals surface area contributed by atoms with Gasteiger partial charge in [-0.3, -0.25) is 4.90 Å². The van der Waals surface area contributed by atoms with Crippen LogP contribution < -0.4 is 15.8 Å². The van der Waals surface area contributed by atoms with Crippen molar-refractivity contribution in [1.29, 1.82) is 0 Å². The average molecular weight is 494 g/mol. The molecule has 0 aromatic heterocycles. The van der Waals surface area contributed by atoms with Crippen molar-refractivity contribution >= 4 is 35.6 Å². The van der Waals surface area contributed by atoms with E-state index >= 15 is 0 Å². The molecular formula is C22H31IN4O. The summed E-state index contributed by atoms with van der Waals surface area (Å²) >= 11 is 0. The van der Waals surface area contributed by atoms with E-state index in [1.165, 1.54) is 36.9 Å². The molecule has 0 saturated carbocycles. The Bertz CT molecular complexity index is 763. The number of methoxy groups -OCH3 is 1. The van der Waals surface area contributed by atoms with Gasteiger partial charge in [0.1, 0.15) is 5.75 Å². The third-order valence-electron chi connectivity index (χ3n) is 5.21. The number of nitrogens with zero attached hydrogens (tertiary/aromatic N) is 2. The summed E-state index contributed by atoms with van der Waals surface area (Å²) < 4.78 is 5.17. The zero-order chi connectivity index (χ0) is 19.1. The maximum atomic E-state index is 6.08. The second kappa shape index (κ2) is 11.3. The molecule has 1 heterocycles. The fourth-order valence-electron chi connectivity index (χ4n) is 3.51. The molecule has 0 amide bonds. The number of halogens is 1. The van der Waals surface area contributed by atoms with Gasteiger partial charge in [0.25, 0.3) is 0 Å². The second-order valence-corrected chi connectivity index (χ2v) is 7.14. The van der Waals surface area contributed by atoms with Crippen LogP contribution in [0.5, 0.6) is 5.75 Å². The van der Waals surface area contributed by atoms with Gasteiger partial charge in [0.15, 0.2) is 5.96 Å². The number of anilines is 1. The van der Waals surface area contributed by atoms with Crippen molar-refractivity contribution in [3.8, 4) is 5.75 Å². The van der Waals surface area contributed by atoms with Crippen molar-refractivity contribution in [2.24, 2.45) is 10.7 Å². The molecule has 3 N–H and O–H groups in total. The van der Waals surface area contributed by atoms with Crippen LogP contribution in [0.4, 0.5) is 5.69 Å². The summed E-state index contributed by atoms with van der Waals surface area (Å²) in [5.41, 5.74) is 9.54. The molecule has 1 atom stereocenters. The largest absolute Gasteiger partial charge is 0.497 e. The van der Waals surface area contributed by atoms with Gasteiger partial charge in [-0.15, -0.1) is 24.0 Å². The third-order valence-corrected chi connectivity index (χ3v) is 5.21. The molecule has 1 aliphatic rings. The van der Waals surface area contributed by atoms with Gasteiger partial charge in [0.2, 0.25) is 0 Å². The zero-order valence-electron chi connectivity index (χ0n) is 16.7. The minimum Gasteiger partial charge on any atom is -0.497 e. The number of aliphatic imine (C=N–C) groups is 1. The number of nitrogens with two attached hydrogens (primary N) is 1.